The van der Waals surface area contributed by atoms with Crippen molar-refractivity contribution < 1.29 is 28.8 Å². The van der Waals surface area contributed by atoms with Gasteiger partial charge in [0.2, 0.25) is 0 Å². The standard InChI is InChI=1S/C14H14O6/c1-17-9-3-4-10-11(7-9)19-13-6-8(15)5-12(16)14(13,18-2)20-10/h3-4,6-7,12,16H,5H2,1-2H3. The Labute approximate surface area is 115 Å². The first-order chi connectivity index (χ1) is 9.59. The fourth-order valence-electron chi connectivity index (χ4n) is 2.35. The zero-order chi connectivity index (χ0) is 14.3. The number of fused-ring (bicyclic) bond motifs is 2. The molecule has 0 aromatic heterocycles. The molecule has 0 fully saturated rings. The minimum atomic E-state index is -1.48. The maximum absolute atomic E-state index is 11.6. The van der Waals surface area contributed by atoms with Crippen LogP contribution < -0.4 is 14.2 Å². The number of carbonyl (C=O) groups excluding carboxylic acids is 1. The Kier molecular flexibility index (Phi) is 2.92. The molecule has 0 radical (unpaired) electrons. The summed E-state index contributed by atoms with van der Waals surface area (Å²) in [6.45, 7) is 0. The average Bonchev–Trinajstić information content (AvgIpc) is 2.44. The summed E-state index contributed by atoms with van der Waals surface area (Å²) in [5.41, 5.74) is 0. The molecule has 2 atom stereocenters. The van der Waals surface area contributed by atoms with E-state index in [9.17, 15) is 9.90 Å². The Morgan fingerprint density at radius 3 is 2.85 bits per heavy atom. The van der Waals surface area contributed by atoms with Crippen LogP contribution in [-0.2, 0) is 9.53 Å². The van der Waals surface area contributed by atoms with E-state index in [1.807, 2.05) is 0 Å². The van der Waals surface area contributed by atoms with Gasteiger partial charge in [0.25, 0.3) is 5.79 Å². The number of ketones is 1. The molecule has 0 saturated carbocycles. The lowest BCUT2D eigenvalue weighted by Gasteiger charge is -2.42. The summed E-state index contributed by atoms with van der Waals surface area (Å²) in [5.74, 6) is -0.154. The second kappa shape index (κ2) is 4.50. The van der Waals surface area contributed by atoms with Crippen LogP contribution in [0.15, 0.2) is 30.0 Å². The quantitative estimate of drug-likeness (QED) is 0.871. The minimum Gasteiger partial charge on any atom is -0.497 e. The lowest BCUT2D eigenvalue weighted by Crippen LogP contribution is -2.56. The Hall–Kier alpha value is -2.05. The first-order valence-corrected chi connectivity index (χ1v) is 6.12. The Bertz CT molecular complexity index is 593. The monoisotopic (exact) mass is 278 g/mol. The smallest absolute Gasteiger partial charge is 0.296 e. The Balaban J connectivity index is 2.09. The number of ether oxygens (including phenoxy) is 4. The fraction of sp³-hybridized carbons (Fsp3) is 0.357. The van der Waals surface area contributed by atoms with E-state index < -0.39 is 11.9 Å². The van der Waals surface area contributed by atoms with Gasteiger partial charge in [-0.05, 0) is 12.1 Å². The van der Waals surface area contributed by atoms with Gasteiger partial charge in [-0.15, -0.1) is 0 Å². The number of carbonyl (C=O) groups is 1. The summed E-state index contributed by atoms with van der Waals surface area (Å²) in [4.78, 5) is 11.6. The summed E-state index contributed by atoms with van der Waals surface area (Å²) in [6.07, 6.45) is 0.0837. The van der Waals surface area contributed by atoms with Crippen molar-refractivity contribution in [1.82, 2.24) is 0 Å². The van der Waals surface area contributed by atoms with Gasteiger partial charge >= 0.3 is 0 Å². The molecule has 3 rings (SSSR count). The molecule has 2 unspecified atom stereocenters. The van der Waals surface area contributed by atoms with E-state index in [4.69, 9.17) is 18.9 Å². The summed E-state index contributed by atoms with van der Waals surface area (Å²) < 4.78 is 21.8. The summed E-state index contributed by atoms with van der Waals surface area (Å²) in [6, 6.07) is 5.01. The molecule has 1 heterocycles. The zero-order valence-corrected chi connectivity index (χ0v) is 11.1. The molecule has 1 aliphatic carbocycles. The van der Waals surface area contributed by atoms with Crippen molar-refractivity contribution in [3.8, 4) is 17.2 Å². The predicted octanol–water partition coefficient (Wildman–Crippen LogP) is 1.03. The van der Waals surface area contributed by atoms with E-state index in [-0.39, 0.29) is 18.0 Å². The predicted molar refractivity (Wildman–Crippen MR) is 67.7 cm³/mol. The third-order valence-corrected chi connectivity index (χ3v) is 3.40. The van der Waals surface area contributed by atoms with Gasteiger partial charge in [-0.3, -0.25) is 4.79 Å². The van der Waals surface area contributed by atoms with Crippen molar-refractivity contribution in [1.29, 1.82) is 0 Å². The number of methoxy groups -OCH3 is 2. The molecule has 0 saturated heterocycles. The van der Waals surface area contributed by atoms with E-state index in [0.29, 0.717) is 17.2 Å². The molecule has 0 amide bonds. The van der Waals surface area contributed by atoms with Crippen molar-refractivity contribution in [3.05, 3.63) is 30.0 Å². The maximum atomic E-state index is 11.6. The van der Waals surface area contributed by atoms with Gasteiger partial charge in [-0.1, -0.05) is 0 Å². The first-order valence-electron chi connectivity index (χ1n) is 6.12. The van der Waals surface area contributed by atoms with Gasteiger partial charge in [0.05, 0.1) is 7.11 Å². The van der Waals surface area contributed by atoms with E-state index in [0.717, 1.165) is 0 Å². The molecule has 6 nitrogen and oxygen atoms in total. The Morgan fingerprint density at radius 2 is 2.15 bits per heavy atom. The molecule has 6 heteroatoms. The van der Waals surface area contributed by atoms with Crippen molar-refractivity contribution in [2.75, 3.05) is 14.2 Å². The number of hydrogen-bond acceptors (Lipinski definition) is 6. The Morgan fingerprint density at radius 1 is 1.35 bits per heavy atom. The molecule has 1 aromatic carbocycles. The number of aliphatic hydroxyl groups is 1. The second-order valence-electron chi connectivity index (χ2n) is 4.58. The third kappa shape index (κ3) is 1.76. The molecule has 106 valence electrons. The summed E-state index contributed by atoms with van der Waals surface area (Å²) in [7, 11) is 2.93. The third-order valence-electron chi connectivity index (χ3n) is 3.40. The van der Waals surface area contributed by atoms with Crippen LogP contribution in [0.3, 0.4) is 0 Å². The molecule has 20 heavy (non-hydrogen) atoms. The van der Waals surface area contributed by atoms with Gasteiger partial charge < -0.3 is 24.1 Å². The maximum Gasteiger partial charge on any atom is 0.296 e. The normalized spacial score (nSPS) is 27.6. The summed E-state index contributed by atoms with van der Waals surface area (Å²) in [5, 5.41) is 10.1. The van der Waals surface area contributed by atoms with E-state index >= 15 is 0 Å². The van der Waals surface area contributed by atoms with E-state index in [1.165, 1.54) is 20.3 Å². The van der Waals surface area contributed by atoms with Crippen LogP contribution in [0.1, 0.15) is 6.42 Å². The molecule has 0 spiro atoms. The molecule has 1 aliphatic heterocycles. The molecule has 1 aromatic rings. The molecule has 0 bridgehead atoms. The highest BCUT2D eigenvalue weighted by molar-refractivity contribution is 5.92. The zero-order valence-electron chi connectivity index (χ0n) is 11.1. The van der Waals surface area contributed by atoms with E-state index in [2.05, 4.69) is 0 Å². The average molecular weight is 278 g/mol. The molecular weight excluding hydrogens is 264 g/mol. The highest BCUT2D eigenvalue weighted by Gasteiger charge is 2.53. The van der Waals surface area contributed by atoms with Gasteiger partial charge in [-0.25, -0.2) is 0 Å². The van der Waals surface area contributed by atoms with Gasteiger partial charge in [0.15, 0.2) is 23.0 Å². The van der Waals surface area contributed by atoms with Crippen LogP contribution in [0, 0.1) is 0 Å². The van der Waals surface area contributed by atoms with E-state index in [1.54, 1.807) is 18.2 Å². The minimum absolute atomic E-state index is 0.0772. The van der Waals surface area contributed by atoms with Crippen LogP contribution in [0.25, 0.3) is 0 Å². The van der Waals surface area contributed by atoms with Gasteiger partial charge in [-0.2, -0.15) is 0 Å². The highest BCUT2D eigenvalue weighted by Crippen LogP contribution is 2.45. The van der Waals surface area contributed by atoms with Crippen LogP contribution in [0.5, 0.6) is 17.2 Å². The van der Waals surface area contributed by atoms with Crippen molar-refractivity contribution in [2.24, 2.45) is 0 Å². The highest BCUT2D eigenvalue weighted by atomic mass is 16.7. The fourth-order valence-corrected chi connectivity index (χ4v) is 2.35. The lowest BCUT2D eigenvalue weighted by molar-refractivity contribution is -0.224. The first kappa shape index (κ1) is 13.0. The van der Waals surface area contributed by atoms with Crippen LogP contribution >= 0.6 is 0 Å². The number of hydrogen-bond donors (Lipinski definition) is 1. The number of aliphatic hydroxyl groups excluding tert-OH is 1. The second-order valence-corrected chi connectivity index (χ2v) is 4.58. The van der Waals surface area contributed by atoms with Crippen molar-refractivity contribution >= 4 is 5.78 Å². The topological polar surface area (TPSA) is 74.2 Å². The number of benzene rings is 1. The van der Waals surface area contributed by atoms with Gasteiger partial charge in [0.1, 0.15) is 11.9 Å². The SMILES string of the molecule is COc1ccc2c(c1)OC1=CC(=O)CC(O)C1(OC)O2. The number of allylic oxidation sites excluding steroid dienone is 1. The van der Waals surface area contributed by atoms with Crippen LogP contribution in [0.4, 0.5) is 0 Å². The molecule has 1 N–H and O–H groups in total. The van der Waals surface area contributed by atoms with Crippen LogP contribution in [-0.4, -0.2) is 37.0 Å². The molecular formula is C14H14O6. The summed E-state index contributed by atoms with van der Waals surface area (Å²) >= 11 is 0. The lowest BCUT2D eigenvalue weighted by atomic mass is 9.94. The largest absolute Gasteiger partial charge is 0.497 e. The van der Waals surface area contributed by atoms with Gasteiger partial charge in [0, 0.05) is 25.7 Å². The van der Waals surface area contributed by atoms with Crippen molar-refractivity contribution in [2.45, 2.75) is 18.3 Å². The number of rotatable bonds is 2. The molecule has 2 aliphatic rings. The van der Waals surface area contributed by atoms with Crippen molar-refractivity contribution in [3.63, 3.8) is 0 Å². The van der Waals surface area contributed by atoms with Crippen LogP contribution in [0.2, 0.25) is 0 Å².